The molecule has 0 fully saturated rings. The lowest BCUT2D eigenvalue weighted by Gasteiger charge is -2.10. The minimum absolute atomic E-state index is 0.408. The summed E-state index contributed by atoms with van der Waals surface area (Å²) in [5.74, 6) is 0.746. The Morgan fingerprint density at radius 2 is 1.93 bits per heavy atom. The Bertz CT molecular complexity index is 1110. The molecule has 4 nitrogen and oxygen atoms in total. The normalized spacial score (nSPS) is 11.2. The summed E-state index contributed by atoms with van der Waals surface area (Å²) in [5, 5.41) is 5.73. The number of ether oxygens (including phenoxy) is 1. The van der Waals surface area contributed by atoms with Crippen molar-refractivity contribution in [3.8, 4) is 5.75 Å². The zero-order valence-corrected chi connectivity index (χ0v) is 17.8. The van der Waals surface area contributed by atoms with Gasteiger partial charge in [0.2, 0.25) is 5.13 Å². The number of benzene rings is 3. The van der Waals surface area contributed by atoms with Gasteiger partial charge in [-0.15, -0.1) is 0 Å². The van der Waals surface area contributed by atoms with E-state index in [2.05, 4.69) is 31.4 Å². The number of hydrogen-bond acceptors (Lipinski definition) is 5. The van der Waals surface area contributed by atoms with Crippen LogP contribution in [0.15, 0.2) is 76.3 Å². The molecular weight excluding hydrogens is 458 g/mol. The van der Waals surface area contributed by atoms with Crippen LogP contribution in [0.5, 0.6) is 5.75 Å². The van der Waals surface area contributed by atoms with Crippen molar-refractivity contribution in [2.24, 2.45) is 5.10 Å². The number of hydrazone groups is 1. The predicted octanol–water partition coefficient (Wildman–Crippen LogP) is 6.74. The molecule has 0 aliphatic rings. The number of nitrogens with one attached hydrogen (secondary N) is 1. The van der Waals surface area contributed by atoms with Crippen LogP contribution in [0.2, 0.25) is 5.02 Å². The van der Waals surface area contributed by atoms with Gasteiger partial charge in [0.05, 0.1) is 20.9 Å². The molecule has 1 N–H and O–H groups in total. The number of nitrogens with zero attached hydrogens (tertiary/aromatic N) is 2. The van der Waals surface area contributed by atoms with E-state index in [-0.39, 0.29) is 0 Å². The van der Waals surface area contributed by atoms with E-state index in [4.69, 9.17) is 16.3 Å². The number of anilines is 1. The van der Waals surface area contributed by atoms with Crippen molar-refractivity contribution in [3.63, 3.8) is 0 Å². The molecule has 0 amide bonds. The highest BCUT2D eigenvalue weighted by Gasteiger charge is 2.05. The summed E-state index contributed by atoms with van der Waals surface area (Å²) in [5.41, 5.74) is 5.83. The smallest absolute Gasteiger partial charge is 0.204 e. The third-order valence-corrected chi connectivity index (χ3v) is 5.89. The molecule has 0 radical (unpaired) electrons. The first-order valence-electron chi connectivity index (χ1n) is 8.49. The van der Waals surface area contributed by atoms with Crippen LogP contribution in [-0.4, -0.2) is 11.2 Å². The quantitative estimate of drug-likeness (QED) is 0.250. The molecule has 140 valence electrons. The van der Waals surface area contributed by atoms with Gasteiger partial charge in [0.25, 0.3) is 0 Å². The summed E-state index contributed by atoms with van der Waals surface area (Å²) in [4.78, 5) is 4.49. The summed E-state index contributed by atoms with van der Waals surface area (Å²) in [6, 6.07) is 21.4. The second-order valence-corrected chi connectivity index (χ2v) is 8.22. The largest absolute Gasteiger partial charge is 0.488 e. The molecule has 0 unspecified atom stereocenters. The molecule has 1 heterocycles. The summed E-state index contributed by atoms with van der Waals surface area (Å²) in [6.07, 6.45) is 1.74. The van der Waals surface area contributed by atoms with Crippen molar-refractivity contribution in [1.82, 2.24) is 4.98 Å². The van der Waals surface area contributed by atoms with E-state index >= 15 is 0 Å². The van der Waals surface area contributed by atoms with Crippen LogP contribution in [-0.2, 0) is 6.61 Å². The van der Waals surface area contributed by atoms with Crippen molar-refractivity contribution in [2.75, 3.05) is 5.43 Å². The molecule has 28 heavy (non-hydrogen) atoms. The van der Waals surface area contributed by atoms with Crippen LogP contribution in [0, 0.1) is 0 Å². The highest BCUT2D eigenvalue weighted by atomic mass is 79.9. The lowest BCUT2D eigenvalue weighted by molar-refractivity contribution is 0.304. The molecule has 4 rings (SSSR count). The van der Waals surface area contributed by atoms with E-state index in [1.54, 1.807) is 17.6 Å². The van der Waals surface area contributed by atoms with Crippen molar-refractivity contribution in [3.05, 3.63) is 87.4 Å². The number of hydrogen-bond donors (Lipinski definition) is 1. The van der Waals surface area contributed by atoms with Gasteiger partial charge < -0.3 is 4.74 Å². The molecule has 0 spiro atoms. The first-order valence-corrected chi connectivity index (χ1v) is 10.5. The number of thiazole rings is 1. The van der Waals surface area contributed by atoms with E-state index in [0.717, 1.165) is 36.7 Å². The molecular formula is C21H15BrClN3OS. The van der Waals surface area contributed by atoms with Gasteiger partial charge in [0.15, 0.2) is 0 Å². The van der Waals surface area contributed by atoms with Crippen molar-refractivity contribution in [1.29, 1.82) is 0 Å². The van der Waals surface area contributed by atoms with Gasteiger partial charge in [-0.2, -0.15) is 5.10 Å². The highest BCUT2D eigenvalue weighted by Crippen LogP contribution is 2.28. The Kier molecular flexibility index (Phi) is 5.90. The molecule has 1 aromatic heterocycles. The molecule has 0 saturated heterocycles. The Balaban J connectivity index is 1.39. The van der Waals surface area contributed by atoms with Gasteiger partial charge in [-0.3, -0.25) is 5.43 Å². The fourth-order valence-corrected chi connectivity index (χ4v) is 4.08. The molecule has 0 aliphatic carbocycles. The first-order chi connectivity index (χ1) is 13.7. The molecule has 0 bridgehead atoms. The summed E-state index contributed by atoms with van der Waals surface area (Å²) < 4.78 is 7.84. The predicted molar refractivity (Wildman–Crippen MR) is 121 cm³/mol. The van der Waals surface area contributed by atoms with Crippen LogP contribution >= 0.6 is 38.9 Å². The van der Waals surface area contributed by atoms with E-state index in [1.807, 2.05) is 66.7 Å². The summed E-state index contributed by atoms with van der Waals surface area (Å²) >= 11 is 11.3. The molecule has 0 aliphatic heterocycles. The van der Waals surface area contributed by atoms with E-state index in [9.17, 15) is 0 Å². The molecule has 0 saturated carbocycles. The Morgan fingerprint density at radius 3 is 2.75 bits per heavy atom. The summed E-state index contributed by atoms with van der Waals surface area (Å²) in [7, 11) is 0. The van der Waals surface area contributed by atoms with E-state index in [1.165, 1.54) is 0 Å². The van der Waals surface area contributed by atoms with Crippen LogP contribution < -0.4 is 10.2 Å². The van der Waals surface area contributed by atoms with Gasteiger partial charge in [0.1, 0.15) is 12.4 Å². The lowest BCUT2D eigenvalue weighted by atomic mass is 10.2. The van der Waals surface area contributed by atoms with Crippen LogP contribution in [0.4, 0.5) is 5.13 Å². The van der Waals surface area contributed by atoms with Gasteiger partial charge in [-0.25, -0.2) is 4.98 Å². The zero-order valence-electron chi connectivity index (χ0n) is 14.6. The van der Waals surface area contributed by atoms with Crippen molar-refractivity contribution in [2.45, 2.75) is 6.61 Å². The van der Waals surface area contributed by atoms with Gasteiger partial charge >= 0.3 is 0 Å². The van der Waals surface area contributed by atoms with Gasteiger partial charge in [-0.05, 0) is 57.9 Å². The van der Waals surface area contributed by atoms with E-state index in [0.29, 0.717) is 11.6 Å². The zero-order chi connectivity index (χ0) is 19.3. The fourth-order valence-electron chi connectivity index (χ4n) is 2.57. The molecule has 3 aromatic carbocycles. The monoisotopic (exact) mass is 471 g/mol. The Hall–Kier alpha value is -2.41. The van der Waals surface area contributed by atoms with Gasteiger partial charge in [-0.1, -0.05) is 53.3 Å². The average molecular weight is 473 g/mol. The topological polar surface area (TPSA) is 46.5 Å². The second kappa shape index (κ2) is 8.73. The Morgan fingerprint density at radius 1 is 1.11 bits per heavy atom. The standard InChI is InChI=1S/C21H15BrClN3OS/c22-16-11-14(9-10-19(16)27-13-15-5-1-2-6-17(15)23)12-24-26-21-25-18-7-3-4-8-20(18)28-21/h1-12H,13H2,(H,25,26)/b24-12-. The van der Waals surface area contributed by atoms with Crippen LogP contribution in [0.1, 0.15) is 11.1 Å². The number of halogens is 2. The van der Waals surface area contributed by atoms with Crippen molar-refractivity contribution >= 4 is 60.4 Å². The van der Waals surface area contributed by atoms with Crippen LogP contribution in [0.25, 0.3) is 10.2 Å². The Labute approximate surface area is 180 Å². The maximum absolute atomic E-state index is 6.17. The SMILES string of the molecule is Clc1ccccc1COc1ccc(/C=N\Nc2nc3ccccc3s2)cc1Br. The van der Waals surface area contributed by atoms with Crippen LogP contribution in [0.3, 0.4) is 0 Å². The molecule has 4 aromatic rings. The fraction of sp³-hybridized carbons (Fsp3) is 0.0476. The lowest BCUT2D eigenvalue weighted by Crippen LogP contribution is -1.97. The number of aromatic nitrogens is 1. The average Bonchev–Trinajstić information content (AvgIpc) is 3.11. The highest BCUT2D eigenvalue weighted by molar-refractivity contribution is 9.10. The third-order valence-electron chi connectivity index (χ3n) is 3.96. The number of para-hydroxylation sites is 1. The first kappa shape index (κ1) is 18.9. The van der Waals surface area contributed by atoms with Crippen molar-refractivity contribution < 1.29 is 4.74 Å². The molecule has 7 heteroatoms. The second-order valence-electron chi connectivity index (χ2n) is 5.93. The number of rotatable bonds is 6. The summed E-state index contributed by atoms with van der Waals surface area (Å²) in [6.45, 7) is 0.408. The number of fused-ring (bicyclic) bond motifs is 1. The third kappa shape index (κ3) is 4.52. The minimum Gasteiger partial charge on any atom is -0.488 e. The minimum atomic E-state index is 0.408. The van der Waals surface area contributed by atoms with E-state index < -0.39 is 0 Å². The maximum atomic E-state index is 6.17. The molecule has 0 atom stereocenters. The van der Waals surface area contributed by atoms with Gasteiger partial charge in [0, 0.05) is 10.6 Å². The maximum Gasteiger partial charge on any atom is 0.204 e.